The summed E-state index contributed by atoms with van der Waals surface area (Å²) in [7, 11) is 1.26. The molecule has 2 aliphatic rings. The van der Waals surface area contributed by atoms with Crippen LogP contribution in [0.5, 0.6) is 5.75 Å². The lowest BCUT2D eigenvalue weighted by Gasteiger charge is -2.38. The maximum Gasteiger partial charge on any atom is 0.189 e. The fraction of sp³-hybridized carbons (Fsp3) is 0.450. The Morgan fingerprint density at radius 3 is 2.81 bits per heavy atom. The number of ether oxygens (including phenoxy) is 3. The summed E-state index contributed by atoms with van der Waals surface area (Å²) in [6.07, 6.45) is 1.56. The van der Waals surface area contributed by atoms with E-state index >= 15 is 0 Å². The third kappa shape index (κ3) is 3.60. The molecule has 3 atom stereocenters. The van der Waals surface area contributed by atoms with Gasteiger partial charge in [0.1, 0.15) is 17.2 Å². The smallest absolute Gasteiger partial charge is 0.189 e. The molecule has 27 heavy (non-hydrogen) atoms. The van der Waals surface area contributed by atoms with Crippen LogP contribution in [0.25, 0.3) is 0 Å². The van der Waals surface area contributed by atoms with E-state index in [0.717, 1.165) is 12.1 Å². The molecule has 0 N–H and O–H groups in total. The molecule has 1 aromatic rings. The van der Waals surface area contributed by atoms with Crippen LogP contribution in [0.4, 0.5) is 13.2 Å². The van der Waals surface area contributed by atoms with Gasteiger partial charge in [0.05, 0.1) is 12.9 Å². The van der Waals surface area contributed by atoms with E-state index in [4.69, 9.17) is 14.2 Å². The lowest BCUT2D eigenvalue weighted by Crippen LogP contribution is -2.45. The number of benzene rings is 1. The highest BCUT2D eigenvalue weighted by Gasteiger charge is 2.52. The number of hydrogen-bond acceptors (Lipinski definition) is 4. The second-order valence-corrected chi connectivity index (χ2v) is 7.01. The Morgan fingerprint density at radius 2 is 2.15 bits per heavy atom. The molecule has 0 amide bonds. The number of halogens is 3. The van der Waals surface area contributed by atoms with Crippen molar-refractivity contribution in [2.24, 2.45) is 11.8 Å². The van der Waals surface area contributed by atoms with Crippen molar-refractivity contribution in [3.63, 3.8) is 0 Å². The molecule has 3 rings (SSSR count). The van der Waals surface area contributed by atoms with Gasteiger partial charge in [-0.25, -0.2) is 13.2 Å². The van der Waals surface area contributed by atoms with Crippen molar-refractivity contribution in [2.45, 2.75) is 31.8 Å². The lowest BCUT2D eigenvalue weighted by atomic mass is 9.71. The van der Waals surface area contributed by atoms with Crippen molar-refractivity contribution in [3.05, 3.63) is 53.6 Å². The Labute approximate surface area is 155 Å². The number of allylic oxidation sites excluding steroid dienone is 2. The molecule has 0 saturated carbocycles. The van der Waals surface area contributed by atoms with Crippen LogP contribution in [0.15, 0.2) is 36.4 Å². The number of rotatable bonds is 6. The summed E-state index contributed by atoms with van der Waals surface area (Å²) in [5.41, 5.74) is -0.829. The highest BCUT2D eigenvalue weighted by Crippen LogP contribution is 2.47. The van der Waals surface area contributed by atoms with Gasteiger partial charge in [-0.15, -0.1) is 0 Å². The first-order chi connectivity index (χ1) is 12.8. The van der Waals surface area contributed by atoms with E-state index in [1.807, 2.05) is 0 Å². The average Bonchev–Trinajstić information content (AvgIpc) is 3.01. The minimum atomic E-state index is -0.989. The van der Waals surface area contributed by atoms with Gasteiger partial charge in [0, 0.05) is 24.5 Å². The molecule has 0 spiro atoms. The lowest BCUT2D eigenvalue weighted by molar-refractivity contribution is -0.123. The van der Waals surface area contributed by atoms with Crippen LogP contribution in [-0.4, -0.2) is 25.3 Å². The number of carbonyl (C=O) groups is 1. The van der Waals surface area contributed by atoms with Gasteiger partial charge >= 0.3 is 0 Å². The molecule has 1 saturated heterocycles. The van der Waals surface area contributed by atoms with Crippen LogP contribution in [0, 0.1) is 23.5 Å². The first kappa shape index (κ1) is 19.5. The summed E-state index contributed by atoms with van der Waals surface area (Å²) >= 11 is 0. The quantitative estimate of drug-likeness (QED) is 0.738. The molecule has 4 nitrogen and oxygen atoms in total. The van der Waals surface area contributed by atoms with Crippen molar-refractivity contribution in [1.82, 2.24) is 0 Å². The number of fused-ring (bicyclic) bond motifs is 1. The topological polar surface area (TPSA) is 44.8 Å². The first-order valence-corrected chi connectivity index (χ1v) is 8.64. The van der Waals surface area contributed by atoms with Crippen LogP contribution >= 0.6 is 0 Å². The maximum atomic E-state index is 14.3. The molecule has 0 radical (unpaired) electrons. The summed E-state index contributed by atoms with van der Waals surface area (Å²) in [6, 6.07) is 2.09. The Balaban J connectivity index is 1.89. The van der Waals surface area contributed by atoms with E-state index in [9.17, 15) is 18.0 Å². The fourth-order valence-corrected chi connectivity index (χ4v) is 3.83. The monoisotopic (exact) mass is 382 g/mol. The van der Waals surface area contributed by atoms with Gasteiger partial charge in [-0.1, -0.05) is 13.5 Å². The predicted molar refractivity (Wildman–Crippen MR) is 91.6 cm³/mol. The highest BCUT2D eigenvalue weighted by molar-refractivity contribution is 5.93. The fourth-order valence-electron chi connectivity index (χ4n) is 3.83. The molecule has 1 heterocycles. The largest absolute Gasteiger partial charge is 0.494 e. The van der Waals surface area contributed by atoms with Crippen LogP contribution in [0.1, 0.15) is 25.3 Å². The van der Waals surface area contributed by atoms with Gasteiger partial charge in [0.25, 0.3) is 0 Å². The molecular formula is C20H21F3O4. The van der Waals surface area contributed by atoms with Gasteiger partial charge in [0.15, 0.2) is 24.1 Å². The zero-order valence-electron chi connectivity index (χ0n) is 15.2. The SMILES string of the molecule is C=C(F)C[C@H]1C[C@]2(C(C)Cc3cc(F)c(OC)cc3F)OCOC2=CC1=O. The summed E-state index contributed by atoms with van der Waals surface area (Å²) in [5, 5.41) is 0. The van der Waals surface area contributed by atoms with Gasteiger partial charge in [0.2, 0.25) is 0 Å². The molecule has 1 aromatic carbocycles. The zero-order chi connectivity index (χ0) is 19.8. The molecule has 7 heteroatoms. The molecule has 1 fully saturated rings. The third-order valence-electron chi connectivity index (χ3n) is 5.28. The average molecular weight is 382 g/mol. The van der Waals surface area contributed by atoms with Crippen molar-refractivity contribution >= 4 is 5.78 Å². The summed E-state index contributed by atoms with van der Waals surface area (Å²) < 4.78 is 57.7. The second-order valence-electron chi connectivity index (χ2n) is 7.01. The van der Waals surface area contributed by atoms with Gasteiger partial charge < -0.3 is 14.2 Å². The normalized spacial score (nSPS) is 25.4. The molecule has 0 bridgehead atoms. The predicted octanol–water partition coefficient (Wildman–Crippen LogP) is 4.24. The van der Waals surface area contributed by atoms with Crippen LogP contribution < -0.4 is 4.74 Å². The Kier molecular flexibility index (Phi) is 5.33. The van der Waals surface area contributed by atoms with Crippen molar-refractivity contribution < 1.29 is 32.2 Å². The highest BCUT2D eigenvalue weighted by atomic mass is 19.1. The number of hydrogen-bond donors (Lipinski definition) is 0. The van der Waals surface area contributed by atoms with Gasteiger partial charge in [-0.2, -0.15) is 0 Å². The molecule has 146 valence electrons. The van der Waals surface area contributed by atoms with Crippen molar-refractivity contribution in [3.8, 4) is 5.75 Å². The van der Waals surface area contributed by atoms with E-state index in [1.165, 1.54) is 13.2 Å². The molecule has 1 unspecified atom stereocenters. The third-order valence-corrected chi connectivity index (χ3v) is 5.28. The Morgan fingerprint density at radius 1 is 1.41 bits per heavy atom. The second kappa shape index (κ2) is 7.38. The maximum absolute atomic E-state index is 14.3. The molecule has 0 aromatic heterocycles. The first-order valence-electron chi connectivity index (χ1n) is 8.64. The van der Waals surface area contributed by atoms with E-state index < -0.39 is 29.0 Å². The van der Waals surface area contributed by atoms with Gasteiger partial charge in [-0.3, -0.25) is 4.79 Å². The molecular weight excluding hydrogens is 361 g/mol. The summed E-state index contributed by atoms with van der Waals surface area (Å²) in [6.45, 7) is 4.98. The molecule has 1 aliphatic heterocycles. The van der Waals surface area contributed by atoms with E-state index in [0.29, 0.717) is 5.76 Å². The number of methoxy groups -OCH3 is 1. The number of carbonyl (C=O) groups excluding carboxylic acids is 1. The number of ketones is 1. The molecule has 1 aliphatic carbocycles. The standard InChI is InChI=1S/C20H21F3O4/c1-11(4-13-6-16(23)18(25-3)7-15(13)22)20-9-14(5-12(2)21)17(24)8-19(20)26-10-27-20/h6-8,11,14H,2,4-5,9-10H2,1,3H3/t11?,14-,20+/m0/s1. The van der Waals surface area contributed by atoms with Gasteiger partial charge in [-0.05, 0) is 30.4 Å². The van der Waals surface area contributed by atoms with Crippen molar-refractivity contribution in [2.75, 3.05) is 13.9 Å². The van der Waals surface area contributed by atoms with E-state index in [2.05, 4.69) is 6.58 Å². The van der Waals surface area contributed by atoms with Crippen LogP contribution in [-0.2, 0) is 20.7 Å². The minimum absolute atomic E-state index is 0.0494. The zero-order valence-corrected chi connectivity index (χ0v) is 15.2. The summed E-state index contributed by atoms with van der Waals surface area (Å²) in [5.74, 6) is -2.90. The minimum Gasteiger partial charge on any atom is -0.494 e. The van der Waals surface area contributed by atoms with E-state index in [1.54, 1.807) is 6.92 Å². The van der Waals surface area contributed by atoms with E-state index in [-0.39, 0.29) is 49.1 Å². The van der Waals surface area contributed by atoms with Crippen molar-refractivity contribution in [1.29, 1.82) is 0 Å². The summed E-state index contributed by atoms with van der Waals surface area (Å²) in [4.78, 5) is 12.2. The van der Waals surface area contributed by atoms with Crippen LogP contribution in [0.3, 0.4) is 0 Å². The Bertz CT molecular complexity index is 805. The Hall–Kier alpha value is -2.28. The van der Waals surface area contributed by atoms with Crippen LogP contribution in [0.2, 0.25) is 0 Å².